The Balaban J connectivity index is 0.000000465. The zero-order valence-corrected chi connectivity index (χ0v) is 22.5. The molecular weight excluding hydrogens is 467 g/mol. The molecule has 2 aliphatic rings. The normalized spacial score (nSPS) is 17.4. The quantitative estimate of drug-likeness (QED) is 0.442. The van der Waals surface area contributed by atoms with Gasteiger partial charge in [0.15, 0.2) is 0 Å². The van der Waals surface area contributed by atoms with Crippen molar-refractivity contribution in [3.05, 3.63) is 119 Å². The Bertz CT molecular complexity index is 833. The molecule has 0 aliphatic heterocycles. The van der Waals surface area contributed by atoms with Crippen LogP contribution in [0.3, 0.4) is 0 Å². The SMILES string of the molecule is CCC1[C-]=C(C)C=C1.CCC1[C-]=C(C)C=C1.[Cl-].[Cl-].[Ti+2]=[C](c1ccccc1)c1ccccc1. The fourth-order valence-corrected chi connectivity index (χ4v) is 3.67. The van der Waals surface area contributed by atoms with E-state index in [1.54, 1.807) is 0 Å². The van der Waals surface area contributed by atoms with E-state index in [1.807, 2.05) is 12.1 Å². The van der Waals surface area contributed by atoms with Crippen molar-refractivity contribution in [1.82, 2.24) is 0 Å². The average molecular weight is 499 g/mol. The second-order valence-electron chi connectivity index (χ2n) is 7.51. The van der Waals surface area contributed by atoms with Crippen molar-refractivity contribution in [2.45, 2.75) is 40.5 Å². The molecule has 168 valence electrons. The third-order valence-corrected chi connectivity index (χ3v) is 5.89. The standard InChI is InChI=1S/C13H10.2C8H11.2ClH.Ti/c1-3-7-12(8-4-1)11-13-9-5-2-6-10-13;2*1-3-8-5-4-7(2)6-8;;;/h1-10H;2*4-5,8H,3H2,1-2H3;2*1H;/q;2*-1;;;+2/p-2. The van der Waals surface area contributed by atoms with Gasteiger partial charge in [0, 0.05) is 0 Å². The second-order valence-corrected chi connectivity index (χ2v) is 8.29. The van der Waals surface area contributed by atoms with Crippen LogP contribution in [0.1, 0.15) is 51.7 Å². The second kappa shape index (κ2) is 17.1. The summed E-state index contributed by atoms with van der Waals surface area (Å²) < 4.78 is 1.33. The van der Waals surface area contributed by atoms with Gasteiger partial charge in [-0.1, -0.05) is 52.4 Å². The van der Waals surface area contributed by atoms with E-state index in [9.17, 15) is 0 Å². The Morgan fingerprint density at radius 2 is 1.03 bits per heavy atom. The summed E-state index contributed by atoms with van der Waals surface area (Å²) in [6, 6.07) is 20.9. The number of benzene rings is 2. The van der Waals surface area contributed by atoms with Gasteiger partial charge in [0.2, 0.25) is 0 Å². The molecule has 2 aromatic rings. The van der Waals surface area contributed by atoms with Crippen LogP contribution in [0.5, 0.6) is 0 Å². The predicted molar refractivity (Wildman–Crippen MR) is 127 cm³/mol. The monoisotopic (exact) mass is 498 g/mol. The van der Waals surface area contributed by atoms with Crippen molar-refractivity contribution < 1.29 is 44.8 Å². The summed E-state index contributed by atoms with van der Waals surface area (Å²) >= 11 is 2.16. The Morgan fingerprint density at radius 3 is 1.25 bits per heavy atom. The fraction of sp³-hybridized carbons (Fsp3) is 0.276. The molecule has 0 radical (unpaired) electrons. The summed E-state index contributed by atoms with van der Waals surface area (Å²) in [7, 11) is 0. The van der Waals surface area contributed by atoms with Crippen molar-refractivity contribution in [3.63, 3.8) is 0 Å². The van der Waals surface area contributed by atoms with Crippen molar-refractivity contribution in [1.29, 1.82) is 0 Å². The van der Waals surface area contributed by atoms with E-state index in [4.69, 9.17) is 0 Å². The van der Waals surface area contributed by atoms with Gasteiger partial charge >= 0.3 is 95.6 Å². The molecule has 0 heterocycles. The molecule has 32 heavy (non-hydrogen) atoms. The van der Waals surface area contributed by atoms with E-state index < -0.39 is 0 Å². The van der Waals surface area contributed by atoms with E-state index in [0.29, 0.717) is 11.8 Å². The summed E-state index contributed by atoms with van der Waals surface area (Å²) in [6.07, 6.45) is 17.7. The van der Waals surface area contributed by atoms with Crippen LogP contribution < -0.4 is 24.8 Å². The van der Waals surface area contributed by atoms with Crippen LogP contribution in [-0.4, -0.2) is 3.81 Å². The van der Waals surface area contributed by atoms with Crippen LogP contribution in [0.2, 0.25) is 0 Å². The summed E-state index contributed by atoms with van der Waals surface area (Å²) in [5, 5.41) is 0. The molecule has 0 saturated heterocycles. The van der Waals surface area contributed by atoms with Crippen LogP contribution in [0, 0.1) is 24.0 Å². The van der Waals surface area contributed by atoms with Crippen LogP contribution in [0.15, 0.2) is 96.1 Å². The fourth-order valence-electron chi connectivity index (χ4n) is 3.15. The summed E-state index contributed by atoms with van der Waals surface area (Å²) in [6.45, 7) is 8.54. The van der Waals surface area contributed by atoms with Gasteiger partial charge in [-0.15, -0.1) is 0 Å². The first-order chi connectivity index (χ1) is 14.5. The minimum atomic E-state index is 0. The van der Waals surface area contributed by atoms with Gasteiger partial charge in [0.25, 0.3) is 0 Å². The summed E-state index contributed by atoms with van der Waals surface area (Å²) in [4.78, 5) is 0. The Morgan fingerprint density at radius 1 is 0.688 bits per heavy atom. The maximum atomic E-state index is 3.31. The van der Waals surface area contributed by atoms with Gasteiger partial charge in [-0.05, 0) is 0 Å². The average Bonchev–Trinajstić information content (AvgIpc) is 3.43. The molecule has 0 N–H and O–H groups in total. The van der Waals surface area contributed by atoms with E-state index >= 15 is 0 Å². The molecule has 0 spiro atoms. The van der Waals surface area contributed by atoms with Crippen molar-refractivity contribution in [2.75, 3.05) is 0 Å². The molecule has 2 atom stereocenters. The Hall–Kier alpha value is -1.44. The van der Waals surface area contributed by atoms with Gasteiger partial charge < -0.3 is 24.8 Å². The number of halogens is 2. The summed E-state index contributed by atoms with van der Waals surface area (Å²) in [5.41, 5.74) is 5.16. The van der Waals surface area contributed by atoms with Gasteiger partial charge in [-0.2, -0.15) is 12.2 Å². The van der Waals surface area contributed by atoms with Crippen LogP contribution >= 0.6 is 0 Å². The van der Waals surface area contributed by atoms with Crippen molar-refractivity contribution >= 4 is 3.81 Å². The van der Waals surface area contributed by atoms with Crippen LogP contribution in [0.25, 0.3) is 0 Å². The van der Waals surface area contributed by atoms with Crippen LogP contribution in [-0.2, 0) is 20.0 Å². The third kappa shape index (κ3) is 10.9. The van der Waals surface area contributed by atoms with E-state index in [0.717, 1.165) is 0 Å². The molecule has 3 heteroatoms. The molecule has 0 amide bonds. The molecule has 0 saturated carbocycles. The van der Waals surface area contributed by atoms with Crippen LogP contribution in [0.4, 0.5) is 0 Å². The van der Waals surface area contributed by atoms with Crippen molar-refractivity contribution in [2.24, 2.45) is 11.8 Å². The van der Waals surface area contributed by atoms with Gasteiger partial charge in [0.05, 0.1) is 0 Å². The zero-order chi connectivity index (χ0) is 21.8. The maximum absolute atomic E-state index is 3.31. The minimum absolute atomic E-state index is 0. The molecule has 0 aromatic heterocycles. The van der Waals surface area contributed by atoms with Gasteiger partial charge in [-0.3, -0.25) is 12.2 Å². The number of hydrogen-bond donors (Lipinski definition) is 0. The number of hydrogen-bond acceptors (Lipinski definition) is 0. The molecule has 0 nitrogen and oxygen atoms in total. The van der Waals surface area contributed by atoms with E-state index in [1.165, 1.54) is 38.9 Å². The number of rotatable bonds is 4. The summed E-state index contributed by atoms with van der Waals surface area (Å²) in [5.74, 6) is 1.21. The molecule has 0 bridgehead atoms. The predicted octanol–water partition coefficient (Wildman–Crippen LogP) is 1.47. The first kappa shape index (κ1) is 30.6. The van der Waals surface area contributed by atoms with E-state index in [2.05, 4.69) is 133 Å². The molecular formula is C29H32Cl2Ti-2. The molecule has 4 rings (SSSR count). The van der Waals surface area contributed by atoms with Gasteiger partial charge in [-0.25, -0.2) is 23.3 Å². The van der Waals surface area contributed by atoms with Gasteiger partial charge in [0.1, 0.15) is 0 Å². The first-order valence-electron chi connectivity index (χ1n) is 10.8. The number of allylic oxidation sites excluding steroid dienone is 8. The zero-order valence-electron chi connectivity index (χ0n) is 19.4. The Labute approximate surface area is 219 Å². The molecule has 2 aliphatic carbocycles. The van der Waals surface area contributed by atoms with E-state index in [-0.39, 0.29) is 24.8 Å². The molecule has 2 aromatic carbocycles. The first-order valence-corrected chi connectivity index (χ1v) is 11.6. The Kier molecular flexibility index (Phi) is 16.3. The molecule has 2 unspecified atom stereocenters. The third-order valence-electron chi connectivity index (χ3n) is 4.99. The topological polar surface area (TPSA) is 0 Å². The van der Waals surface area contributed by atoms with Crippen molar-refractivity contribution in [3.8, 4) is 0 Å². The molecule has 0 fully saturated rings.